The number of rotatable bonds is 7. The van der Waals surface area contributed by atoms with Crippen LogP contribution in [0.5, 0.6) is 5.75 Å². The van der Waals surface area contributed by atoms with Gasteiger partial charge in [0.05, 0.1) is 12.7 Å². The van der Waals surface area contributed by atoms with E-state index in [2.05, 4.69) is 13.0 Å². The Kier molecular flexibility index (Phi) is 5.90. The maximum atomic E-state index is 5.66. The van der Waals surface area contributed by atoms with E-state index in [1.807, 2.05) is 25.1 Å². The van der Waals surface area contributed by atoms with Gasteiger partial charge in [0.1, 0.15) is 12.4 Å². The topological polar surface area (TPSA) is 44.5 Å². The minimum atomic E-state index is 0.102. The fourth-order valence-electron chi connectivity index (χ4n) is 1.41. The van der Waals surface area contributed by atoms with Crippen molar-refractivity contribution in [3.63, 3.8) is 0 Å². The third-order valence-electron chi connectivity index (χ3n) is 2.43. The van der Waals surface area contributed by atoms with Crippen LogP contribution in [0.15, 0.2) is 24.3 Å². The molecule has 3 heteroatoms. The number of ether oxygens (including phenoxy) is 2. The molecule has 90 valence electrons. The molecule has 0 amide bonds. The van der Waals surface area contributed by atoms with Crippen molar-refractivity contribution in [2.24, 2.45) is 5.73 Å². The summed E-state index contributed by atoms with van der Waals surface area (Å²) < 4.78 is 11.1. The van der Waals surface area contributed by atoms with Crippen LogP contribution in [0.25, 0.3) is 0 Å². The first-order valence-electron chi connectivity index (χ1n) is 5.80. The highest BCUT2D eigenvalue weighted by Crippen LogP contribution is 2.17. The summed E-state index contributed by atoms with van der Waals surface area (Å²) in [6, 6.07) is 8.08. The number of para-hydroxylation sites is 1. The maximum Gasteiger partial charge on any atom is 0.122 e. The van der Waals surface area contributed by atoms with Gasteiger partial charge in [0.2, 0.25) is 0 Å². The molecule has 0 saturated heterocycles. The second-order valence-electron chi connectivity index (χ2n) is 3.73. The van der Waals surface area contributed by atoms with E-state index in [0.717, 1.165) is 12.2 Å². The molecule has 1 rings (SSSR count). The molecule has 3 nitrogen and oxygen atoms in total. The van der Waals surface area contributed by atoms with E-state index in [0.29, 0.717) is 19.8 Å². The highest BCUT2D eigenvalue weighted by atomic mass is 16.5. The van der Waals surface area contributed by atoms with Gasteiger partial charge in [-0.1, -0.05) is 25.1 Å². The lowest BCUT2D eigenvalue weighted by Gasteiger charge is -2.13. The predicted octanol–water partition coefficient (Wildman–Crippen LogP) is 1.99. The van der Waals surface area contributed by atoms with Gasteiger partial charge in [-0.3, -0.25) is 0 Å². The van der Waals surface area contributed by atoms with Crippen molar-refractivity contribution in [1.82, 2.24) is 0 Å². The van der Waals surface area contributed by atoms with Gasteiger partial charge >= 0.3 is 0 Å². The van der Waals surface area contributed by atoms with Crippen molar-refractivity contribution < 1.29 is 9.47 Å². The summed E-state index contributed by atoms with van der Waals surface area (Å²) >= 11 is 0. The van der Waals surface area contributed by atoms with Gasteiger partial charge in [0, 0.05) is 6.54 Å². The summed E-state index contributed by atoms with van der Waals surface area (Å²) in [6.07, 6.45) is 1.08. The zero-order chi connectivity index (χ0) is 11.8. The normalized spacial score (nSPS) is 12.4. The molecule has 0 fully saturated rings. The molecule has 0 aliphatic heterocycles. The van der Waals surface area contributed by atoms with Gasteiger partial charge in [-0.25, -0.2) is 0 Å². The third-order valence-corrected chi connectivity index (χ3v) is 2.43. The van der Waals surface area contributed by atoms with Crippen molar-refractivity contribution >= 4 is 0 Å². The molecule has 1 atom stereocenters. The van der Waals surface area contributed by atoms with E-state index in [1.165, 1.54) is 5.56 Å². The third kappa shape index (κ3) is 4.21. The SMILES string of the molecule is CCc1ccccc1OCCOC(C)CN. The first-order valence-corrected chi connectivity index (χ1v) is 5.80. The summed E-state index contributed by atoms with van der Waals surface area (Å²) in [6.45, 7) is 5.78. The lowest BCUT2D eigenvalue weighted by atomic mass is 10.1. The standard InChI is InChI=1S/C13H21NO2/c1-3-12-6-4-5-7-13(12)16-9-8-15-11(2)10-14/h4-7,11H,3,8-10,14H2,1-2H3. The highest BCUT2D eigenvalue weighted by Gasteiger charge is 2.01. The van der Waals surface area contributed by atoms with E-state index < -0.39 is 0 Å². The lowest BCUT2D eigenvalue weighted by molar-refractivity contribution is 0.0494. The van der Waals surface area contributed by atoms with Crippen LogP contribution in [-0.4, -0.2) is 25.9 Å². The number of hydrogen-bond acceptors (Lipinski definition) is 3. The molecular weight excluding hydrogens is 202 g/mol. The lowest BCUT2D eigenvalue weighted by Crippen LogP contribution is -2.22. The van der Waals surface area contributed by atoms with Crippen molar-refractivity contribution in [2.45, 2.75) is 26.4 Å². The zero-order valence-electron chi connectivity index (χ0n) is 10.1. The molecular formula is C13H21NO2. The van der Waals surface area contributed by atoms with Crippen LogP contribution >= 0.6 is 0 Å². The number of benzene rings is 1. The summed E-state index contributed by atoms with van der Waals surface area (Å²) in [5, 5.41) is 0. The number of aryl methyl sites for hydroxylation is 1. The van der Waals surface area contributed by atoms with Crippen LogP contribution in [0, 0.1) is 0 Å². The number of hydrogen-bond donors (Lipinski definition) is 1. The Labute approximate surface area is 97.6 Å². The molecule has 0 radical (unpaired) electrons. The Morgan fingerprint density at radius 3 is 2.69 bits per heavy atom. The maximum absolute atomic E-state index is 5.66. The largest absolute Gasteiger partial charge is 0.491 e. The molecule has 2 N–H and O–H groups in total. The van der Waals surface area contributed by atoms with Crippen molar-refractivity contribution in [1.29, 1.82) is 0 Å². The van der Waals surface area contributed by atoms with Crippen molar-refractivity contribution in [3.8, 4) is 5.75 Å². The van der Waals surface area contributed by atoms with Crippen molar-refractivity contribution in [3.05, 3.63) is 29.8 Å². The second kappa shape index (κ2) is 7.25. The number of nitrogens with two attached hydrogens (primary N) is 1. The quantitative estimate of drug-likeness (QED) is 0.719. The van der Waals surface area contributed by atoms with Gasteiger partial charge in [0.25, 0.3) is 0 Å². The predicted molar refractivity (Wildman–Crippen MR) is 65.8 cm³/mol. The Balaban J connectivity index is 2.31. The Bertz CT molecular complexity index is 302. The molecule has 0 saturated carbocycles. The first kappa shape index (κ1) is 13.0. The summed E-state index contributed by atoms with van der Waals surface area (Å²) in [4.78, 5) is 0. The summed E-state index contributed by atoms with van der Waals surface area (Å²) in [5.74, 6) is 0.953. The van der Waals surface area contributed by atoms with E-state index in [4.69, 9.17) is 15.2 Å². The van der Waals surface area contributed by atoms with E-state index in [1.54, 1.807) is 0 Å². The van der Waals surface area contributed by atoms with Gasteiger partial charge in [-0.05, 0) is 25.0 Å². The molecule has 0 spiro atoms. The smallest absolute Gasteiger partial charge is 0.122 e. The molecule has 0 heterocycles. The van der Waals surface area contributed by atoms with E-state index >= 15 is 0 Å². The van der Waals surface area contributed by atoms with Crippen LogP contribution < -0.4 is 10.5 Å². The molecule has 1 unspecified atom stereocenters. The Hall–Kier alpha value is -1.06. The van der Waals surface area contributed by atoms with Gasteiger partial charge in [-0.2, -0.15) is 0 Å². The van der Waals surface area contributed by atoms with Crippen LogP contribution in [0.2, 0.25) is 0 Å². The van der Waals surface area contributed by atoms with Crippen LogP contribution in [0.3, 0.4) is 0 Å². The molecule has 0 aliphatic rings. The molecule has 1 aromatic carbocycles. The monoisotopic (exact) mass is 223 g/mol. The van der Waals surface area contributed by atoms with Crippen LogP contribution in [-0.2, 0) is 11.2 Å². The molecule has 0 aliphatic carbocycles. The zero-order valence-corrected chi connectivity index (χ0v) is 10.1. The Morgan fingerprint density at radius 1 is 1.25 bits per heavy atom. The van der Waals surface area contributed by atoms with Crippen LogP contribution in [0.4, 0.5) is 0 Å². The first-order chi connectivity index (χ1) is 7.77. The fraction of sp³-hybridized carbons (Fsp3) is 0.538. The van der Waals surface area contributed by atoms with Gasteiger partial charge in [0.15, 0.2) is 0 Å². The van der Waals surface area contributed by atoms with Crippen molar-refractivity contribution in [2.75, 3.05) is 19.8 Å². The molecule has 0 bridgehead atoms. The average Bonchev–Trinajstić information content (AvgIpc) is 2.34. The minimum Gasteiger partial charge on any atom is -0.491 e. The minimum absolute atomic E-state index is 0.102. The molecule has 0 aromatic heterocycles. The van der Waals surface area contributed by atoms with Crippen LogP contribution in [0.1, 0.15) is 19.4 Å². The summed E-state index contributed by atoms with van der Waals surface area (Å²) in [7, 11) is 0. The van der Waals surface area contributed by atoms with E-state index in [9.17, 15) is 0 Å². The molecule has 16 heavy (non-hydrogen) atoms. The highest BCUT2D eigenvalue weighted by molar-refractivity contribution is 5.33. The van der Waals surface area contributed by atoms with E-state index in [-0.39, 0.29) is 6.10 Å². The van der Waals surface area contributed by atoms with Gasteiger partial charge < -0.3 is 15.2 Å². The Morgan fingerprint density at radius 2 is 2.00 bits per heavy atom. The summed E-state index contributed by atoms with van der Waals surface area (Å²) in [5.41, 5.74) is 6.68. The average molecular weight is 223 g/mol. The van der Waals surface area contributed by atoms with Gasteiger partial charge in [-0.15, -0.1) is 0 Å². The molecule has 1 aromatic rings. The fourth-order valence-corrected chi connectivity index (χ4v) is 1.41. The second-order valence-corrected chi connectivity index (χ2v) is 3.73.